The molecule has 0 spiro atoms. The Balaban J connectivity index is 1.34. The van der Waals surface area contributed by atoms with Gasteiger partial charge in [0.2, 0.25) is 5.95 Å². The van der Waals surface area contributed by atoms with Crippen LogP contribution in [0.15, 0.2) is 65.3 Å². The highest BCUT2D eigenvalue weighted by Crippen LogP contribution is 2.32. The van der Waals surface area contributed by atoms with Gasteiger partial charge in [0.05, 0.1) is 11.6 Å². The van der Waals surface area contributed by atoms with Gasteiger partial charge in [-0.2, -0.15) is 0 Å². The van der Waals surface area contributed by atoms with E-state index in [0.717, 1.165) is 5.56 Å². The van der Waals surface area contributed by atoms with E-state index in [1.165, 1.54) is 5.56 Å². The molecule has 31 heavy (non-hydrogen) atoms. The molecule has 0 aliphatic carbocycles. The maximum Gasteiger partial charge on any atom is 0.293 e. The summed E-state index contributed by atoms with van der Waals surface area (Å²) < 4.78 is 12.8. The normalized spacial score (nSPS) is 10.8. The van der Waals surface area contributed by atoms with Gasteiger partial charge >= 0.3 is 0 Å². The second-order valence-corrected chi connectivity index (χ2v) is 7.60. The van der Waals surface area contributed by atoms with Crippen LogP contribution in [-0.4, -0.2) is 20.7 Å². The van der Waals surface area contributed by atoms with Crippen molar-refractivity contribution in [1.29, 1.82) is 0 Å². The van der Waals surface area contributed by atoms with Crippen LogP contribution in [0, 0.1) is 6.92 Å². The van der Waals surface area contributed by atoms with E-state index in [0.29, 0.717) is 28.1 Å². The fourth-order valence-electron chi connectivity index (χ4n) is 2.79. The Hall–Kier alpha value is -3.29. The summed E-state index contributed by atoms with van der Waals surface area (Å²) in [6, 6.07) is 16.4. The number of aryl methyl sites for hydroxylation is 1. The van der Waals surface area contributed by atoms with Crippen LogP contribution in [0.2, 0.25) is 10.0 Å². The van der Waals surface area contributed by atoms with Crippen LogP contribution in [0.25, 0.3) is 0 Å². The fraction of sp³-hybridized carbons (Fsp3) is 0.136. The molecule has 2 heterocycles. The summed E-state index contributed by atoms with van der Waals surface area (Å²) >= 11 is 12.1. The molecule has 1 N–H and O–H groups in total. The molecule has 7 nitrogen and oxygen atoms in total. The second kappa shape index (κ2) is 9.24. The molecule has 0 bridgehead atoms. The lowest BCUT2D eigenvalue weighted by molar-refractivity contribution is 0.0991. The van der Waals surface area contributed by atoms with Crippen LogP contribution in [-0.2, 0) is 13.2 Å². The molecule has 4 rings (SSSR count). The van der Waals surface area contributed by atoms with Crippen molar-refractivity contribution < 1.29 is 13.9 Å². The average molecular weight is 457 g/mol. The summed E-state index contributed by atoms with van der Waals surface area (Å²) in [5.74, 6) is 0.738. The minimum atomic E-state index is -0.458. The molecule has 0 saturated heterocycles. The first-order chi connectivity index (χ1) is 15.0. The summed E-state index contributed by atoms with van der Waals surface area (Å²) in [6.07, 6.45) is 1.56. The number of rotatable bonds is 7. The molecule has 4 aromatic rings. The molecule has 0 aliphatic heterocycles. The lowest BCUT2D eigenvalue weighted by Gasteiger charge is -2.07. The van der Waals surface area contributed by atoms with Crippen LogP contribution in [0.5, 0.6) is 5.75 Å². The second-order valence-electron chi connectivity index (χ2n) is 6.81. The lowest BCUT2D eigenvalue weighted by Crippen LogP contribution is -2.12. The van der Waals surface area contributed by atoms with E-state index in [1.54, 1.807) is 41.3 Å². The first-order valence-corrected chi connectivity index (χ1v) is 10.2. The first kappa shape index (κ1) is 21.0. The Bertz CT molecular complexity index is 1200. The Labute approximate surface area is 188 Å². The number of amides is 1. The van der Waals surface area contributed by atoms with Gasteiger partial charge in [0, 0.05) is 0 Å². The maximum absolute atomic E-state index is 12.4. The molecule has 2 aromatic heterocycles. The number of nitrogens with zero attached hydrogens (tertiary/aromatic N) is 3. The van der Waals surface area contributed by atoms with Crippen molar-refractivity contribution in [2.75, 3.05) is 5.32 Å². The zero-order valence-corrected chi connectivity index (χ0v) is 18.0. The predicted molar refractivity (Wildman–Crippen MR) is 118 cm³/mol. The summed E-state index contributed by atoms with van der Waals surface area (Å²) in [7, 11) is 0. The highest BCUT2D eigenvalue weighted by Gasteiger charge is 2.15. The van der Waals surface area contributed by atoms with Crippen molar-refractivity contribution in [3.63, 3.8) is 0 Å². The summed E-state index contributed by atoms with van der Waals surface area (Å²) in [5.41, 5.74) is 2.28. The van der Waals surface area contributed by atoms with Gasteiger partial charge in [-0.25, -0.2) is 9.67 Å². The number of nitrogens with one attached hydrogen (secondary N) is 1. The van der Waals surface area contributed by atoms with E-state index in [1.807, 2.05) is 31.2 Å². The number of ether oxygens (including phenoxy) is 1. The summed E-state index contributed by atoms with van der Waals surface area (Å²) in [6.45, 7) is 2.68. The van der Waals surface area contributed by atoms with Gasteiger partial charge in [-0.3, -0.25) is 10.1 Å². The number of hydrogen-bond acceptors (Lipinski definition) is 5. The SMILES string of the molecule is Cc1ccc(Cn2cnc(NC(=O)c3ccc(COc4cccc(Cl)c4Cl)o3)n2)cc1. The zero-order valence-electron chi connectivity index (χ0n) is 16.5. The maximum atomic E-state index is 12.4. The fourth-order valence-corrected chi connectivity index (χ4v) is 3.14. The molecule has 0 saturated carbocycles. The van der Waals surface area contributed by atoms with Gasteiger partial charge in [-0.1, -0.05) is 59.1 Å². The summed E-state index contributed by atoms with van der Waals surface area (Å²) in [5, 5.41) is 7.61. The molecule has 0 aliphatic rings. The monoisotopic (exact) mass is 456 g/mol. The van der Waals surface area contributed by atoms with Gasteiger partial charge in [-0.05, 0) is 36.8 Å². The third-order valence-electron chi connectivity index (χ3n) is 4.40. The van der Waals surface area contributed by atoms with Crippen LogP contribution in [0.3, 0.4) is 0 Å². The molecular weight excluding hydrogens is 439 g/mol. The number of aromatic nitrogens is 3. The Kier molecular flexibility index (Phi) is 6.25. The quantitative estimate of drug-likeness (QED) is 0.404. The number of carbonyl (C=O) groups is 1. The Morgan fingerprint density at radius 1 is 1.13 bits per heavy atom. The molecule has 0 atom stereocenters. The van der Waals surface area contributed by atoms with Gasteiger partial charge in [0.15, 0.2) is 5.76 Å². The van der Waals surface area contributed by atoms with Gasteiger partial charge in [-0.15, -0.1) is 5.10 Å². The van der Waals surface area contributed by atoms with Crippen LogP contribution in [0.4, 0.5) is 5.95 Å². The molecule has 158 valence electrons. The zero-order chi connectivity index (χ0) is 21.8. The van der Waals surface area contributed by atoms with Crippen molar-refractivity contribution in [3.05, 3.63) is 93.6 Å². The molecule has 1 amide bonds. The molecule has 0 unspecified atom stereocenters. The van der Waals surface area contributed by atoms with Gasteiger partial charge in [0.25, 0.3) is 5.91 Å². The minimum Gasteiger partial charge on any atom is -0.484 e. The predicted octanol–water partition coefficient (Wildman–Crippen LogP) is 5.37. The number of hydrogen-bond donors (Lipinski definition) is 1. The number of furan rings is 1. The van der Waals surface area contributed by atoms with Gasteiger partial charge in [0.1, 0.15) is 29.5 Å². The average Bonchev–Trinajstić information content (AvgIpc) is 3.40. The Morgan fingerprint density at radius 2 is 1.94 bits per heavy atom. The van der Waals surface area contributed by atoms with E-state index in [9.17, 15) is 4.79 Å². The van der Waals surface area contributed by atoms with Crippen molar-refractivity contribution in [1.82, 2.24) is 14.8 Å². The van der Waals surface area contributed by atoms with Crippen molar-refractivity contribution in [3.8, 4) is 5.75 Å². The molecule has 0 fully saturated rings. The largest absolute Gasteiger partial charge is 0.484 e. The highest BCUT2D eigenvalue weighted by molar-refractivity contribution is 6.42. The van der Waals surface area contributed by atoms with Crippen LogP contribution >= 0.6 is 23.2 Å². The van der Waals surface area contributed by atoms with E-state index in [4.69, 9.17) is 32.4 Å². The lowest BCUT2D eigenvalue weighted by atomic mass is 10.1. The van der Waals surface area contributed by atoms with Gasteiger partial charge < -0.3 is 9.15 Å². The standard InChI is InChI=1S/C22H18Cl2N4O3/c1-14-5-7-15(8-6-14)11-28-13-25-22(27-28)26-21(29)19-10-9-16(31-19)12-30-18-4-2-3-17(23)20(18)24/h2-10,13H,11-12H2,1H3,(H,26,27,29). The van der Waals surface area contributed by atoms with E-state index in [2.05, 4.69) is 15.4 Å². The number of halogens is 2. The highest BCUT2D eigenvalue weighted by atomic mass is 35.5. The van der Waals surface area contributed by atoms with E-state index in [-0.39, 0.29) is 18.3 Å². The first-order valence-electron chi connectivity index (χ1n) is 9.40. The van der Waals surface area contributed by atoms with Crippen molar-refractivity contribution in [2.24, 2.45) is 0 Å². The molecule has 9 heteroatoms. The number of anilines is 1. The molecular formula is C22H18Cl2N4O3. The third kappa shape index (κ3) is 5.25. The smallest absolute Gasteiger partial charge is 0.293 e. The van der Waals surface area contributed by atoms with Crippen molar-refractivity contribution in [2.45, 2.75) is 20.1 Å². The van der Waals surface area contributed by atoms with Crippen molar-refractivity contribution >= 4 is 35.1 Å². The molecule has 2 aromatic carbocycles. The van der Waals surface area contributed by atoms with E-state index >= 15 is 0 Å². The Morgan fingerprint density at radius 3 is 2.74 bits per heavy atom. The topological polar surface area (TPSA) is 82.2 Å². The number of carbonyl (C=O) groups excluding carboxylic acids is 1. The number of benzene rings is 2. The summed E-state index contributed by atoms with van der Waals surface area (Å²) in [4.78, 5) is 16.6. The van der Waals surface area contributed by atoms with Crippen LogP contribution in [0.1, 0.15) is 27.4 Å². The molecule has 0 radical (unpaired) electrons. The minimum absolute atomic E-state index is 0.0940. The van der Waals surface area contributed by atoms with E-state index < -0.39 is 5.91 Å². The third-order valence-corrected chi connectivity index (χ3v) is 5.20. The van der Waals surface area contributed by atoms with Crippen LogP contribution < -0.4 is 10.1 Å².